The van der Waals surface area contributed by atoms with Crippen molar-refractivity contribution in [2.75, 3.05) is 26.3 Å². The van der Waals surface area contributed by atoms with Gasteiger partial charge in [0.1, 0.15) is 6.61 Å². The molecule has 0 aliphatic carbocycles. The van der Waals surface area contributed by atoms with Gasteiger partial charge in [-0.15, -0.1) is 0 Å². The second kappa shape index (κ2) is 6.37. The van der Waals surface area contributed by atoms with Crippen LogP contribution in [0.1, 0.15) is 22.8 Å². The van der Waals surface area contributed by atoms with Crippen LogP contribution in [0.3, 0.4) is 0 Å². The zero-order valence-electron chi connectivity index (χ0n) is 10.9. The third kappa shape index (κ3) is 3.57. The first-order valence-electron chi connectivity index (χ1n) is 6.31. The predicted octanol–water partition coefficient (Wildman–Crippen LogP) is 0.891. The normalized spacial score (nSPS) is 18.6. The van der Waals surface area contributed by atoms with Crippen LogP contribution < -0.4 is 0 Å². The number of aliphatic hydroxyl groups excluding tert-OH is 1. The van der Waals surface area contributed by atoms with Crippen LogP contribution in [0.2, 0.25) is 0 Å². The van der Waals surface area contributed by atoms with Crippen molar-refractivity contribution in [3.05, 3.63) is 35.4 Å². The molecular formula is C15H17NO3. The number of nitrogens with zero attached hydrogens (tertiary/aromatic N) is 1. The minimum Gasteiger partial charge on any atom is -0.384 e. The van der Waals surface area contributed by atoms with Gasteiger partial charge in [-0.3, -0.25) is 4.79 Å². The number of carbonyl (C=O) groups excluding carboxylic acids is 1. The van der Waals surface area contributed by atoms with Crippen molar-refractivity contribution >= 4 is 5.91 Å². The highest BCUT2D eigenvalue weighted by atomic mass is 16.5. The van der Waals surface area contributed by atoms with Crippen LogP contribution in [0.4, 0.5) is 0 Å². The van der Waals surface area contributed by atoms with E-state index in [0.29, 0.717) is 25.3 Å². The van der Waals surface area contributed by atoms with Crippen molar-refractivity contribution in [1.82, 2.24) is 4.90 Å². The zero-order chi connectivity index (χ0) is 13.7. The predicted molar refractivity (Wildman–Crippen MR) is 71.7 cm³/mol. The second-order valence-electron chi connectivity index (χ2n) is 4.47. The summed E-state index contributed by atoms with van der Waals surface area (Å²) in [4.78, 5) is 14.1. The summed E-state index contributed by atoms with van der Waals surface area (Å²) in [5.74, 6) is 5.40. The molecule has 0 aromatic heterocycles. The summed E-state index contributed by atoms with van der Waals surface area (Å²) in [5.41, 5.74) is 1.45. The molecule has 1 saturated heterocycles. The summed E-state index contributed by atoms with van der Waals surface area (Å²) < 4.78 is 5.42. The van der Waals surface area contributed by atoms with Crippen LogP contribution in [0.5, 0.6) is 0 Å². The van der Waals surface area contributed by atoms with Gasteiger partial charge in [-0.2, -0.15) is 0 Å². The van der Waals surface area contributed by atoms with Crippen LogP contribution in [0.15, 0.2) is 24.3 Å². The number of carbonyl (C=O) groups is 1. The molecule has 0 bridgehead atoms. The van der Waals surface area contributed by atoms with E-state index in [9.17, 15) is 4.79 Å². The molecule has 4 nitrogen and oxygen atoms in total. The summed E-state index contributed by atoms with van der Waals surface area (Å²) >= 11 is 0. The second-order valence-corrected chi connectivity index (χ2v) is 4.47. The molecule has 1 aliphatic rings. The van der Waals surface area contributed by atoms with Gasteiger partial charge in [-0.05, 0) is 31.2 Å². The van der Waals surface area contributed by atoms with E-state index in [1.54, 1.807) is 24.3 Å². The van der Waals surface area contributed by atoms with Crippen molar-refractivity contribution < 1.29 is 14.6 Å². The molecule has 1 fully saturated rings. The molecule has 1 amide bonds. The first-order chi connectivity index (χ1) is 9.20. The first-order valence-corrected chi connectivity index (χ1v) is 6.31. The van der Waals surface area contributed by atoms with E-state index in [0.717, 1.165) is 5.56 Å². The standard InChI is InChI=1S/C15H17NO3/c1-12-11-16(8-10-19-12)15(18)14-6-4-13(5-7-14)3-2-9-17/h4-7,12,17H,8-11H2,1H3. The number of benzene rings is 1. The average Bonchev–Trinajstić information content (AvgIpc) is 2.45. The molecule has 0 radical (unpaired) electrons. The Morgan fingerprint density at radius 3 is 2.84 bits per heavy atom. The van der Waals surface area contributed by atoms with Gasteiger partial charge in [0.15, 0.2) is 0 Å². The average molecular weight is 259 g/mol. The molecule has 19 heavy (non-hydrogen) atoms. The molecule has 4 heteroatoms. The van der Waals surface area contributed by atoms with Crippen molar-refractivity contribution in [1.29, 1.82) is 0 Å². The maximum absolute atomic E-state index is 12.3. The van der Waals surface area contributed by atoms with Gasteiger partial charge in [0, 0.05) is 24.2 Å². The van der Waals surface area contributed by atoms with E-state index < -0.39 is 0 Å². The number of ether oxygens (including phenoxy) is 1. The van der Waals surface area contributed by atoms with Crippen molar-refractivity contribution in [2.45, 2.75) is 13.0 Å². The van der Waals surface area contributed by atoms with Crippen LogP contribution >= 0.6 is 0 Å². The molecule has 1 aromatic rings. The molecule has 1 aromatic carbocycles. The minimum absolute atomic E-state index is 0.0248. The SMILES string of the molecule is CC1CN(C(=O)c2ccc(C#CCO)cc2)CCO1. The fraction of sp³-hybridized carbons (Fsp3) is 0.400. The molecule has 1 unspecified atom stereocenters. The van der Waals surface area contributed by atoms with E-state index in [2.05, 4.69) is 11.8 Å². The maximum atomic E-state index is 12.3. The third-order valence-electron chi connectivity index (χ3n) is 2.97. The molecule has 1 atom stereocenters. The number of morpholine rings is 1. The summed E-state index contributed by atoms with van der Waals surface area (Å²) in [6.07, 6.45) is 0.0902. The van der Waals surface area contributed by atoms with E-state index in [4.69, 9.17) is 9.84 Å². The Hall–Kier alpha value is -1.83. The summed E-state index contributed by atoms with van der Waals surface area (Å²) in [7, 11) is 0. The van der Waals surface area contributed by atoms with Gasteiger partial charge in [0.05, 0.1) is 12.7 Å². The van der Waals surface area contributed by atoms with Gasteiger partial charge >= 0.3 is 0 Å². The molecular weight excluding hydrogens is 242 g/mol. The highest BCUT2D eigenvalue weighted by Gasteiger charge is 2.22. The molecule has 2 rings (SSSR count). The van der Waals surface area contributed by atoms with Gasteiger partial charge in [0.2, 0.25) is 0 Å². The number of hydrogen-bond donors (Lipinski definition) is 1. The quantitative estimate of drug-likeness (QED) is 0.762. The van der Waals surface area contributed by atoms with Gasteiger partial charge in [-0.25, -0.2) is 0 Å². The van der Waals surface area contributed by atoms with Gasteiger partial charge < -0.3 is 14.7 Å². The zero-order valence-corrected chi connectivity index (χ0v) is 10.9. The number of rotatable bonds is 1. The monoisotopic (exact) mass is 259 g/mol. The Balaban J connectivity index is 2.07. The summed E-state index contributed by atoms with van der Waals surface area (Å²) in [5, 5.41) is 8.62. The van der Waals surface area contributed by atoms with Gasteiger partial charge in [-0.1, -0.05) is 11.8 Å². The van der Waals surface area contributed by atoms with Crippen LogP contribution in [-0.2, 0) is 4.74 Å². The Bertz CT molecular complexity index is 498. The third-order valence-corrected chi connectivity index (χ3v) is 2.97. The lowest BCUT2D eigenvalue weighted by molar-refractivity contribution is -0.0124. The fourth-order valence-corrected chi connectivity index (χ4v) is 2.02. The Morgan fingerprint density at radius 1 is 1.47 bits per heavy atom. The highest BCUT2D eigenvalue weighted by molar-refractivity contribution is 5.94. The van der Waals surface area contributed by atoms with Crippen molar-refractivity contribution in [3.63, 3.8) is 0 Å². The lowest BCUT2D eigenvalue weighted by Crippen LogP contribution is -2.44. The maximum Gasteiger partial charge on any atom is 0.254 e. The molecule has 1 heterocycles. The van der Waals surface area contributed by atoms with E-state index in [-0.39, 0.29) is 18.6 Å². The topological polar surface area (TPSA) is 49.8 Å². The minimum atomic E-state index is -0.160. The molecule has 0 saturated carbocycles. The summed E-state index contributed by atoms with van der Waals surface area (Å²) in [6.45, 7) is 3.66. The highest BCUT2D eigenvalue weighted by Crippen LogP contribution is 2.11. The molecule has 100 valence electrons. The van der Waals surface area contributed by atoms with Crippen LogP contribution in [-0.4, -0.2) is 48.3 Å². The lowest BCUT2D eigenvalue weighted by Gasteiger charge is -2.31. The van der Waals surface area contributed by atoms with Crippen LogP contribution in [0, 0.1) is 11.8 Å². The largest absolute Gasteiger partial charge is 0.384 e. The van der Waals surface area contributed by atoms with Crippen molar-refractivity contribution in [2.24, 2.45) is 0 Å². The lowest BCUT2D eigenvalue weighted by atomic mass is 10.1. The van der Waals surface area contributed by atoms with Gasteiger partial charge in [0.25, 0.3) is 5.91 Å². The van der Waals surface area contributed by atoms with Crippen LogP contribution in [0.25, 0.3) is 0 Å². The Labute approximate surface area is 113 Å². The molecule has 1 N–H and O–H groups in total. The number of amides is 1. The van der Waals surface area contributed by atoms with E-state index in [1.165, 1.54) is 0 Å². The van der Waals surface area contributed by atoms with Crippen molar-refractivity contribution in [3.8, 4) is 11.8 Å². The number of aliphatic hydroxyl groups is 1. The smallest absolute Gasteiger partial charge is 0.254 e. The molecule has 1 aliphatic heterocycles. The van der Waals surface area contributed by atoms with E-state index in [1.807, 2.05) is 11.8 Å². The number of hydrogen-bond acceptors (Lipinski definition) is 3. The summed E-state index contributed by atoms with van der Waals surface area (Å²) in [6, 6.07) is 7.12. The Kier molecular flexibility index (Phi) is 4.56. The Morgan fingerprint density at radius 2 is 2.21 bits per heavy atom. The van der Waals surface area contributed by atoms with E-state index >= 15 is 0 Å². The fourth-order valence-electron chi connectivity index (χ4n) is 2.02. The molecule has 0 spiro atoms. The first kappa shape index (κ1) is 13.6.